The topological polar surface area (TPSA) is 106 Å². The molecule has 0 aliphatic carbocycles. The standard InChI is InChI=1S/C24H25NO6/c1-4-17-13-21(26)31-22-14(2)20(11-10-18(17)22)30-15(3)23(27)25-19(24(28)29)12-16-8-6-5-7-9-16/h5-11,13,15,19H,4,12H2,1-3H3,(H,25,27)(H,28,29)/t15?,19-/m0/s1. The molecule has 0 aliphatic rings. The number of ether oxygens (including phenoxy) is 1. The SMILES string of the molecule is CCc1cc(=O)oc2c(C)c(OC(C)C(=O)N[C@@H](Cc3ccccc3)C(=O)O)ccc12. The summed E-state index contributed by atoms with van der Waals surface area (Å²) >= 11 is 0. The van der Waals surface area contributed by atoms with Crippen LogP contribution in [0.5, 0.6) is 5.75 Å². The largest absolute Gasteiger partial charge is 0.480 e. The smallest absolute Gasteiger partial charge is 0.336 e. The molecule has 3 aromatic rings. The second kappa shape index (κ2) is 9.47. The van der Waals surface area contributed by atoms with E-state index in [-0.39, 0.29) is 6.42 Å². The lowest BCUT2D eigenvalue weighted by atomic mass is 10.0. The number of hydrogen-bond donors (Lipinski definition) is 2. The van der Waals surface area contributed by atoms with Gasteiger partial charge in [0.1, 0.15) is 17.4 Å². The van der Waals surface area contributed by atoms with Crippen molar-refractivity contribution in [3.8, 4) is 5.75 Å². The fraction of sp³-hybridized carbons (Fsp3) is 0.292. The highest BCUT2D eigenvalue weighted by Gasteiger charge is 2.25. The predicted octanol–water partition coefficient (Wildman–Crippen LogP) is 3.24. The molecule has 0 bridgehead atoms. The molecule has 1 aromatic heterocycles. The molecule has 2 N–H and O–H groups in total. The molecule has 0 saturated heterocycles. The summed E-state index contributed by atoms with van der Waals surface area (Å²) in [6.45, 7) is 5.24. The molecule has 2 atom stereocenters. The highest BCUT2D eigenvalue weighted by atomic mass is 16.5. The maximum atomic E-state index is 12.6. The van der Waals surface area contributed by atoms with Crippen molar-refractivity contribution in [2.75, 3.05) is 0 Å². The van der Waals surface area contributed by atoms with Crippen LogP contribution in [0.25, 0.3) is 11.0 Å². The third kappa shape index (κ3) is 5.12. The summed E-state index contributed by atoms with van der Waals surface area (Å²) in [5, 5.41) is 12.8. The van der Waals surface area contributed by atoms with Gasteiger partial charge < -0.3 is 19.6 Å². The van der Waals surface area contributed by atoms with Crippen molar-refractivity contribution in [3.63, 3.8) is 0 Å². The quantitative estimate of drug-likeness (QED) is 0.539. The van der Waals surface area contributed by atoms with E-state index in [1.165, 1.54) is 6.07 Å². The molecular formula is C24H25NO6. The fourth-order valence-electron chi connectivity index (χ4n) is 3.41. The first-order chi connectivity index (χ1) is 14.8. The summed E-state index contributed by atoms with van der Waals surface area (Å²) in [7, 11) is 0. The molecule has 0 fully saturated rings. The molecule has 1 unspecified atom stereocenters. The summed E-state index contributed by atoms with van der Waals surface area (Å²) in [6, 6.07) is 13.0. The van der Waals surface area contributed by atoms with Gasteiger partial charge in [-0.15, -0.1) is 0 Å². The zero-order chi connectivity index (χ0) is 22.5. The molecule has 0 aliphatic heterocycles. The summed E-state index contributed by atoms with van der Waals surface area (Å²) in [5.74, 6) is -1.28. The molecule has 1 amide bonds. The average molecular weight is 423 g/mol. The Morgan fingerprint density at radius 2 is 1.87 bits per heavy atom. The van der Waals surface area contributed by atoms with Gasteiger partial charge in [-0.05, 0) is 43.5 Å². The van der Waals surface area contributed by atoms with Crippen LogP contribution in [0.4, 0.5) is 0 Å². The fourth-order valence-corrected chi connectivity index (χ4v) is 3.41. The van der Waals surface area contributed by atoms with E-state index >= 15 is 0 Å². The first kappa shape index (κ1) is 22.1. The maximum Gasteiger partial charge on any atom is 0.336 e. The molecule has 0 saturated carbocycles. The Kier molecular flexibility index (Phi) is 6.74. The number of rotatable bonds is 8. The van der Waals surface area contributed by atoms with Crippen molar-refractivity contribution in [2.45, 2.75) is 45.8 Å². The number of nitrogens with one attached hydrogen (secondary N) is 1. The minimum absolute atomic E-state index is 0.161. The predicted molar refractivity (Wildman–Crippen MR) is 116 cm³/mol. The molecular weight excluding hydrogens is 398 g/mol. The van der Waals surface area contributed by atoms with Crippen LogP contribution in [-0.2, 0) is 22.4 Å². The van der Waals surface area contributed by atoms with E-state index in [0.717, 1.165) is 16.5 Å². The third-order valence-electron chi connectivity index (χ3n) is 5.15. The lowest BCUT2D eigenvalue weighted by Gasteiger charge is -2.20. The van der Waals surface area contributed by atoms with E-state index in [0.29, 0.717) is 23.3 Å². The monoisotopic (exact) mass is 423 g/mol. The Labute approximate surface area is 179 Å². The highest BCUT2D eigenvalue weighted by Crippen LogP contribution is 2.29. The second-order valence-corrected chi connectivity index (χ2v) is 7.36. The van der Waals surface area contributed by atoms with Crippen LogP contribution in [0.15, 0.2) is 57.7 Å². The Morgan fingerprint density at radius 1 is 1.16 bits per heavy atom. The Bertz CT molecular complexity index is 1150. The van der Waals surface area contributed by atoms with E-state index in [4.69, 9.17) is 9.15 Å². The van der Waals surface area contributed by atoms with Crippen molar-refractivity contribution in [3.05, 3.63) is 75.6 Å². The average Bonchev–Trinajstić information content (AvgIpc) is 2.75. The van der Waals surface area contributed by atoms with Gasteiger partial charge in [0.25, 0.3) is 5.91 Å². The molecule has 1 heterocycles. The van der Waals surface area contributed by atoms with Gasteiger partial charge in [0, 0.05) is 23.4 Å². The Morgan fingerprint density at radius 3 is 2.52 bits per heavy atom. The first-order valence-corrected chi connectivity index (χ1v) is 10.1. The van der Waals surface area contributed by atoms with Gasteiger partial charge in [-0.1, -0.05) is 37.3 Å². The molecule has 2 aromatic carbocycles. The van der Waals surface area contributed by atoms with Gasteiger partial charge >= 0.3 is 11.6 Å². The van der Waals surface area contributed by atoms with Gasteiger partial charge in [-0.2, -0.15) is 0 Å². The van der Waals surface area contributed by atoms with Crippen LogP contribution in [0.3, 0.4) is 0 Å². The molecule has 162 valence electrons. The van der Waals surface area contributed by atoms with Crippen molar-refractivity contribution in [1.82, 2.24) is 5.32 Å². The number of amides is 1. The number of carboxylic acid groups (broad SMARTS) is 1. The molecule has 7 heteroatoms. The van der Waals surface area contributed by atoms with Crippen LogP contribution in [0.1, 0.15) is 30.5 Å². The van der Waals surface area contributed by atoms with Crippen molar-refractivity contribution >= 4 is 22.8 Å². The molecule has 31 heavy (non-hydrogen) atoms. The highest BCUT2D eigenvalue weighted by molar-refractivity contribution is 5.87. The van der Waals surface area contributed by atoms with E-state index < -0.39 is 29.6 Å². The molecule has 3 rings (SSSR count). The zero-order valence-electron chi connectivity index (χ0n) is 17.7. The number of fused-ring (bicyclic) bond motifs is 1. The van der Waals surface area contributed by atoms with Crippen molar-refractivity contribution in [2.24, 2.45) is 0 Å². The Balaban J connectivity index is 1.77. The third-order valence-corrected chi connectivity index (χ3v) is 5.15. The lowest BCUT2D eigenvalue weighted by molar-refractivity contribution is -0.142. The van der Waals surface area contributed by atoms with E-state index in [2.05, 4.69) is 5.32 Å². The van der Waals surface area contributed by atoms with Crippen LogP contribution in [-0.4, -0.2) is 29.1 Å². The number of aliphatic carboxylic acids is 1. The number of carbonyl (C=O) groups is 2. The van der Waals surface area contributed by atoms with Gasteiger partial charge in [-0.3, -0.25) is 4.79 Å². The lowest BCUT2D eigenvalue weighted by Crippen LogP contribution is -2.47. The second-order valence-electron chi connectivity index (χ2n) is 7.36. The number of benzene rings is 2. The molecule has 7 nitrogen and oxygen atoms in total. The maximum absolute atomic E-state index is 12.6. The number of carboxylic acids is 1. The van der Waals surface area contributed by atoms with E-state index in [9.17, 15) is 19.5 Å². The van der Waals surface area contributed by atoms with Gasteiger partial charge in [0.15, 0.2) is 6.10 Å². The summed E-state index contributed by atoms with van der Waals surface area (Å²) in [4.78, 5) is 36.1. The number of hydrogen-bond acceptors (Lipinski definition) is 5. The molecule has 0 spiro atoms. The molecule has 0 radical (unpaired) electrons. The Hall–Kier alpha value is -3.61. The first-order valence-electron chi connectivity index (χ1n) is 10.1. The van der Waals surface area contributed by atoms with E-state index in [1.54, 1.807) is 38.1 Å². The minimum Gasteiger partial charge on any atom is -0.480 e. The van der Waals surface area contributed by atoms with Crippen LogP contribution < -0.4 is 15.7 Å². The number of carbonyl (C=O) groups excluding carboxylic acids is 1. The van der Waals surface area contributed by atoms with Crippen LogP contribution >= 0.6 is 0 Å². The summed E-state index contributed by atoms with van der Waals surface area (Å²) in [5.41, 5.74) is 2.25. The zero-order valence-corrected chi connectivity index (χ0v) is 17.7. The van der Waals surface area contributed by atoms with Crippen molar-refractivity contribution < 1.29 is 23.8 Å². The van der Waals surface area contributed by atoms with E-state index in [1.807, 2.05) is 25.1 Å². The van der Waals surface area contributed by atoms with Crippen molar-refractivity contribution in [1.29, 1.82) is 0 Å². The summed E-state index contributed by atoms with van der Waals surface area (Å²) in [6.07, 6.45) is -0.109. The van der Waals surface area contributed by atoms with Crippen LogP contribution in [0, 0.1) is 6.92 Å². The minimum atomic E-state index is -1.12. The van der Waals surface area contributed by atoms with Gasteiger partial charge in [0.05, 0.1) is 0 Å². The normalized spacial score (nSPS) is 12.9. The van der Waals surface area contributed by atoms with Crippen LogP contribution in [0.2, 0.25) is 0 Å². The van der Waals surface area contributed by atoms with Gasteiger partial charge in [0.2, 0.25) is 0 Å². The number of aryl methyl sites for hydroxylation is 2. The summed E-state index contributed by atoms with van der Waals surface area (Å²) < 4.78 is 11.2. The van der Waals surface area contributed by atoms with Gasteiger partial charge in [-0.25, -0.2) is 9.59 Å².